The molecule has 0 fully saturated rings. The van der Waals surface area contributed by atoms with E-state index in [0.29, 0.717) is 16.8 Å². The van der Waals surface area contributed by atoms with Crippen LogP contribution in [0.1, 0.15) is 13.0 Å². The summed E-state index contributed by atoms with van der Waals surface area (Å²) >= 11 is 14.4. The van der Waals surface area contributed by atoms with Crippen molar-refractivity contribution in [3.8, 4) is 39.8 Å². The van der Waals surface area contributed by atoms with Crippen molar-refractivity contribution in [1.29, 1.82) is 5.26 Å². The predicted molar refractivity (Wildman–Crippen MR) is 277 cm³/mol. The first-order valence-corrected chi connectivity index (χ1v) is 23.3. The maximum Gasteiger partial charge on any atom is 0.488 e. The van der Waals surface area contributed by atoms with Gasteiger partial charge in [0.1, 0.15) is 54.2 Å². The van der Waals surface area contributed by atoms with Gasteiger partial charge in [-0.25, -0.2) is 45.1 Å². The van der Waals surface area contributed by atoms with Crippen LogP contribution in [0, 0.1) is 78.1 Å². The molecule has 0 amide bonds. The number of hydrogen-bond acceptors (Lipinski definition) is 12. The van der Waals surface area contributed by atoms with Gasteiger partial charge in [-0.2, -0.15) is 5.26 Å². The van der Waals surface area contributed by atoms with E-state index < -0.39 is 69.1 Å². The Morgan fingerprint density at radius 1 is 0.568 bits per heavy atom. The molecule has 0 aliphatic carbocycles. The van der Waals surface area contributed by atoms with Crippen molar-refractivity contribution >= 4 is 109 Å². The lowest BCUT2D eigenvalue weighted by molar-refractivity contribution is -0.385. The van der Waals surface area contributed by atoms with E-state index in [4.69, 9.17) is 21.0 Å². The van der Waals surface area contributed by atoms with E-state index >= 15 is 0 Å². The summed E-state index contributed by atoms with van der Waals surface area (Å²) in [5.41, 5.74) is 6.59. The third kappa shape index (κ3) is 17.2. The summed E-state index contributed by atoms with van der Waals surface area (Å²) in [5, 5.41) is 46.6. The molecule has 14 nitrogen and oxygen atoms in total. The van der Waals surface area contributed by atoms with Gasteiger partial charge in [-0.15, -0.1) is 0 Å². The Kier molecular flexibility index (Phi) is 24.0. The number of hydrogen-bond donors (Lipinski definition) is 3. The van der Waals surface area contributed by atoms with Crippen LogP contribution in [-0.4, -0.2) is 46.9 Å². The number of nitrogens with zero attached hydrogens (tertiary/aromatic N) is 7. The number of rotatable bonds is 6. The van der Waals surface area contributed by atoms with Gasteiger partial charge in [0, 0.05) is 63.2 Å². The molecule has 8 rings (SSSR count). The molecule has 0 bridgehead atoms. The van der Waals surface area contributed by atoms with Crippen LogP contribution in [0.2, 0.25) is 0 Å². The van der Waals surface area contributed by atoms with E-state index in [9.17, 15) is 55.4 Å². The van der Waals surface area contributed by atoms with E-state index in [2.05, 4.69) is 99.6 Å². The van der Waals surface area contributed by atoms with Crippen molar-refractivity contribution in [2.24, 2.45) is 0 Å². The van der Waals surface area contributed by atoms with Crippen LogP contribution in [-0.2, 0) is 0 Å². The van der Waals surface area contributed by atoms with Crippen molar-refractivity contribution in [3.05, 3.63) is 217 Å². The second-order valence-corrected chi connectivity index (χ2v) is 17.6. The minimum Gasteiger partial charge on any atom is -0.423 e. The van der Waals surface area contributed by atoms with Gasteiger partial charge in [-0.3, -0.25) is 30.2 Å². The average Bonchev–Trinajstić information content (AvgIpc) is 3.35. The van der Waals surface area contributed by atoms with Crippen LogP contribution in [0.5, 0.6) is 0 Å². The van der Waals surface area contributed by atoms with Gasteiger partial charge in [-0.1, -0.05) is 71.9 Å². The topological polar surface area (TPSA) is 228 Å². The Balaban J connectivity index is 0.000000246. The number of halogens is 13. The van der Waals surface area contributed by atoms with Gasteiger partial charge >= 0.3 is 7.12 Å². The largest absolute Gasteiger partial charge is 0.488 e. The van der Waals surface area contributed by atoms with E-state index in [1.165, 1.54) is 48.5 Å². The van der Waals surface area contributed by atoms with Crippen LogP contribution in [0.25, 0.3) is 33.8 Å². The zero-order chi connectivity index (χ0) is 54.3. The number of nitrogens with two attached hydrogens (primary N) is 1. The summed E-state index contributed by atoms with van der Waals surface area (Å²) < 4.78 is 105. The number of anilines is 1. The molecule has 4 heterocycles. The van der Waals surface area contributed by atoms with E-state index in [-0.39, 0.29) is 65.2 Å². The quantitative estimate of drug-likeness (QED) is 0.0353. The number of nitrogen functional groups attached to an aromatic ring is 1. The maximum absolute atomic E-state index is 13.9. The zero-order valence-corrected chi connectivity index (χ0v) is 43.7. The van der Waals surface area contributed by atoms with E-state index in [0.717, 1.165) is 35.1 Å². The fourth-order valence-electron chi connectivity index (χ4n) is 5.41. The molecule has 0 atom stereocenters. The number of pyridine rings is 4. The third-order valence-electron chi connectivity index (χ3n) is 8.68. The highest BCUT2D eigenvalue weighted by Crippen LogP contribution is 2.33. The minimum atomic E-state index is -1.66. The summed E-state index contributed by atoms with van der Waals surface area (Å²) in [6, 6.07) is 27.2. The first-order chi connectivity index (χ1) is 34.4. The number of non-ortho nitro benzene ring substituents is 2. The highest BCUT2D eigenvalue weighted by Gasteiger charge is 2.21. The summed E-state index contributed by atoms with van der Waals surface area (Å²) in [6.07, 6.45) is 1.97. The standard InChI is InChI=1S/C11H4Br2F2N2O2.C11H6BrF2N.C11H8F2N2.C6H6BNO4.C6Br2F2N2.CH4/c12-7-8(14)10(16-11(13)9(7)15)5-2-1-3-6(4-5)17(18)19;12-8-3-1-2-7(4-8)11-10(14)5-9(13)6-15-11;12-8-5-10(13)11(15-6-8)7-2-1-3-9(14)4-7;9-7(10)5-2-1-3-6(4-5)8(11)12;7-5-3(9)2(1-11)4(10)6(8)12-5;/h1-4H;1-6H;1-6H,14H2;1-4,9-10H;;1H4. The number of nitro groups is 2. The molecule has 4 aromatic carbocycles. The van der Waals surface area contributed by atoms with E-state index in [1.54, 1.807) is 42.5 Å². The van der Waals surface area contributed by atoms with Gasteiger partial charge in [0.05, 0.1) is 26.7 Å². The van der Waals surface area contributed by atoms with E-state index in [1.807, 2.05) is 6.07 Å². The maximum atomic E-state index is 13.9. The Labute approximate surface area is 456 Å². The highest BCUT2D eigenvalue weighted by molar-refractivity contribution is 9.11. The summed E-state index contributed by atoms with van der Waals surface area (Å²) in [5.74, 6) is -6.48. The fraction of sp³-hybridized carbons (Fsp3) is 0.0217. The van der Waals surface area contributed by atoms with Crippen molar-refractivity contribution in [3.63, 3.8) is 0 Å². The molecule has 28 heteroatoms. The Morgan fingerprint density at radius 2 is 1.01 bits per heavy atom. The number of nitro benzene ring substituents is 2. The number of benzene rings is 4. The second kappa shape index (κ2) is 28.7. The average molecular weight is 1350 g/mol. The Bertz CT molecular complexity index is 3250. The summed E-state index contributed by atoms with van der Waals surface area (Å²) in [6.45, 7) is 0. The lowest BCUT2D eigenvalue weighted by Crippen LogP contribution is -2.29. The number of nitriles is 1. The molecule has 4 aromatic heterocycles. The zero-order valence-electron chi connectivity index (χ0n) is 35.8. The normalized spacial score (nSPS) is 9.97. The van der Waals surface area contributed by atoms with Crippen molar-refractivity contribution < 1.29 is 55.0 Å². The molecule has 74 heavy (non-hydrogen) atoms. The third-order valence-corrected chi connectivity index (χ3v) is 11.4. The van der Waals surface area contributed by atoms with Gasteiger partial charge in [0.25, 0.3) is 11.4 Å². The molecule has 0 unspecified atom stereocenters. The molecule has 0 radical (unpaired) electrons. The number of aromatic nitrogens is 4. The highest BCUT2D eigenvalue weighted by atomic mass is 79.9. The molecule has 4 N–H and O–H groups in total. The summed E-state index contributed by atoms with van der Waals surface area (Å²) in [4.78, 5) is 34.2. The van der Waals surface area contributed by atoms with Gasteiger partial charge < -0.3 is 15.8 Å². The Morgan fingerprint density at radius 3 is 1.47 bits per heavy atom. The lowest BCUT2D eigenvalue weighted by Gasteiger charge is -2.06. The van der Waals surface area contributed by atoms with Crippen molar-refractivity contribution in [2.75, 3.05) is 5.73 Å². The molecule has 382 valence electrons. The fourth-order valence-corrected chi connectivity index (χ4v) is 7.81. The van der Waals surface area contributed by atoms with Crippen molar-refractivity contribution in [2.45, 2.75) is 7.43 Å². The van der Waals surface area contributed by atoms with Gasteiger partial charge in [0.2, 0.25) is 0 Å². The van der Waals surface area contributed by atoms with Gasteiger partial charge in [-0.05, 0) is 93.4 Å². The second-order valence-electron chi connectivity index (χ2n) is 13.6. The Hall–Kier alpha value is -6.61. The molecule has 0 spiro atoms. The molecule has 0 saturated carbocycles. The molecule has 0 aliphatic heterocycles. The van der Waals surface area contributed by atoms with Crippen LogP contribution in [0.4, 0.5) is 52.2 Å². The SMILES string of the molecule is C.Fc1cnc(-c2cccc(Br)c2)c(F)c1.N#Cc1c(F)c(Br)nc(Br)c1F.Nc1cccc(-c2ncc(F)cc2F)c1.O=[N+]([O-])c1cccc(-c2nc(Br)c(F)c(Br)c2F)c1.O=[N+]([O-])c1cccc(B(O)O)c1. The molecular formula is C46H28BBr5F8N8O6. The molecule has 0 saturated heterocycles. The smallest absolute Gasteiger partial charge is 0.423 e. The van der Waals surface area contributed by atoms with Gasteiger partial charge in [0.15, 0.2) is 34.9 Å². The molecule has 8 aromatic rings. The van der Waals surface area contributed by atoms with Crippen LogP contribution >= 0.6 is 79.6 Å². The first kappa shape index (κ1) is 61.7. The summed E-state index contributed by atoms with van der Waals surface area (Å²) in [7, 11) is -1.66. The monoisotopic (exact) mass is 1350 g/mol. The van der Waals surface area contributed by atoms with Crippen LogP contribution in [0.3, 0.4) is 0 Å². The molecule has 0 aliphatic rings. The van der Waals surface area contributed by atoms with Crippen LogP contribution in [0.15, 0.2) is 144 Å². The van der Waals surface area contributed by atoms with Crippen LogP contribution < -0.4 is 11.2 Å². The lowest BCUT2D eigenvalue weighted by atomic mass is 9.80. The molecular weight excluding hydrogens is 1320 g/mol. The first-order valence-electron chi connectivity index (χ1n) is 19.3. The van der Waals surface area contributed by atoms with Crippen molar-refractivity contribution in [1.82, 2.24) is 19.9 Å². The predicted octanol–water partition coefficient (Wildman–Crippen LogP) is 13.5. The minimum absolute atomic E-state index is 0.